The van der Waals surface area contributed by atoms with Gasteiger partial charge >= 0.3 is 0 Å². The van der Waals surface area contributed by atoms with Gasteiger partial charge < -0.3 is 19.4 Å². The molecule has 0 radical (unpaired) electrons. The fourth-order valence-corrected chi connectivity index (χ4v) is 3.42. The van der Waals surface area contributed by atoms with Crippen LogP contribution in [0.3, 0.4) is 0 Å². The second-order valence-corrected chi connectivity index (χ2v) is 7.07. The van der Waals surface area contributed by atoms with Gasteiger partial charge in [0, 0.05) is 19.3 Å². The van der Waals surface area contributed by atoms with Crippen molar-refractivity contribution in [2.24, 2.45) is 0 Å². The summed E-state index contributed by atoms with van der Waals surface area (Å²) in [5, 5.41) is 0. The zero-order chi connectivity index (χ0) is 20.1. The van der Waals surface area contributed by atoms with Crippen LogP contribution in [-0.2, 0) is 27.5 Å². The summed E-state index contributed by atoms with van der Waals surface area (Å²) in [5.41, 5.74) is 2.16. The Bertz CT molecular complexity index is 963. The number of hydrogen-bond acceptors (Lipinski definition) is 5. The van der Waals surface area contributed by atoms with Crippen molar-refractivity contribution < 1.29 is 18.7 Å². The number of pyridine rings is 1. The van der Waals surface area contributed by atoms with Gasteiger partial charge in [0.05, 0.1) is 29.4 Å². The van der Waals surface area contributed by atoms with Gasteiger partial charge in [0.15, 0.2) is 0 Å². The predicted octanol–water partition coefficient (Wildman–Crippen LogP) is 2.82. The quantitative estimate of drug-likeness (QED) is 0.662. The molecular formula is C21H23FN4O3. The number of rotatable bonds is 7. The molecule has 1 aliphatic heterocycles. The van der Waals surface area contributed by atoms with E-state index in [-0.39, 0.29) is 31.0 Å². The van der Waals surface area contributed by atoms with E-state index in [1.54, 1.807) is 17.2 Å². The van der Waals surface area contributed by atoms with Crippen LogP contribution in [0.2, 0.25) is 0 Å². The number of benzene rings is 1. The minimum Gasteiger partial charge on any atom is -0.370 e. The van der Waals surface area contributed by atoms with E-state index in [1.807, 2.05) is 18.2 Å². The van der Waals surface area contributed by atoms with Crippen LogP contribution >= 0.6 is 0 Å². The topological polar surface area (TPSA) is 80.3 Å². The molecule has 1 unspecified atom stereocenters. The number of likely N-dealkylation sites (tertiary alicyclic amines) is 1. The third-order valence-corrected chi connectivity index (χ3v) is 4.88. The Balaban J connectivity index is 1.23. The van der Waals surface area contributed by atoms with E-state index < -0.39 is 0 Å². The van der Waals surface area contributed by atoms with Crippen molar-refractivity contribution in [2.45, 2.75) is 32.2 Å². The highest BCUT2D eigenvalue weighted by Crippen LogP contribution is 2.16. The average molecular weight is 398 g/mol. The van der Waals surface area contributed by atoms with Crippen molar-refractivity contribution >= 4 is 16.9 Å². The summed E-state index contributed by atoms with van der Waals surface area (Å²) in [6.07, 6.45) is 3.56. The molecule has 0 spiro atoms. The molecule has 1 N–H and O–H groups in total. The highest BCUT2D eigenvalue weighted by Gasteiger charge is 2.24. The van der Waals surface area contributed by atoms with Crippen LogP contribution in [0.15, 0.2) is 42.6 Å². The molecule has 1 amide bonds. The first-order valence-corrected chi connectivity index (χ1v) is 9.68. The minimum atomic E-state index is -0.325. The van der Waals surface area contributed by atoms with Gasteiger partial charge in [0.2, 0.25) is 5.91 Å². The average Bonchev–Trinajstić information content (AvgIpc) is 3.15. The maximum atomic E-state index is 13.2. The van der Waals surface area contributed by atoms with E-state index in [1.165, 1.54) is 12.1 Å². The fourth-order valence-electron chi connectivity index (χ4n) is 3.42. The molecule has 1 aromatic carbocycles. The molecule has 1 fully saturated rings. The summed E-state index contributed by atoms with van der Waals surface area (Å²) in [4.78, 5) is 25.8. The van der Waals surface area contributed by atoms with Crippen LogP contribution in [0.4, 0.5) is 4.39 Å². The number of piperidine rings is 1. The Morgan fingerprint density at radius 3 is 3.07 bits per heavy atom. The van der Waals surface area contributed by atoms with Crippen LogP contribution in [0, 0.1) is 5.82 Å². The van der Waals surface area contributed by atoms with Crippen LogP contribution in [0.1, 0.15) is 24.4 Å². The highest BCUT2D eigenvalue weighted by molar-refractivity contribution is 5.77. The molecule has 0 bridgehead atoms. The van der Waals surface area contributed by atoms with Crippen LogP contribution in [0.5, 0.6) is 0 Å². The molecular weight excluding hydrogens is 375 g/mol. The largest absolute Gasteiger partial charge is 0.370 e. The molecule has 7 nitrogen and oxygen atoms in total. The van der Waals surface area contributed by atoms with Crippen molar-refractivity contribution in [2.75, 3.05) is 19.7 Å². The number of aromatic nitrogens is 3. The van der Waals surface area contributed by atoms with E-state index in [9.17, 15) is 9.18 Å². The Morgan fingerprint density at radius 2 is 2.21 bits per heavy atom. The Hall–Kier alpha value is -2.84. The fraction of sp³-hybridized carbons (Fsp3) is 0.381. The smallest absolute Gasteiger partial charge is 0.248 e. The SMILES string of the molecule is O=C(COCc1nc2ccc(F)cc2[nH]1)N1CCCC(OCc2ccccn2)C1. The van der Waals surface area contributed by atoms with Gasteiger partial charge in [-0.15, -0.1) is 0 Å². The molecule has 29 heavy (non-hydrogen) atoms. The molecule has 1 atom stereocenters. The number of carbonyl (C=O) groups is 1. The molecule has 4 rings (SSSR count). The molecule has 0 saturated carbocycles. The van der Waals surface area contributed by atoms with E-state index in [2.05, 4.69) is 15.0 Å². The number of ether oxygens (including phenoxy) is 2. The summed E-state index contributed by atoms with van der Waals surface area (Å²) >= 11 is 0. The number of H-pyrrole nitrogens is 1. The second kappa shape index (κ2) is 9.11. The van der Waals surface area contributed by atoms with Crippen LogP contribution in [-0.4, -0.2) is 51.6 Å². The van der Waals surface area contributed by atoms with E-state index in [0.29, 0.717) is 36.6 Å². The van der Waals surface area contributed by atoms with E-state index in [4.69, 9.17) is 9.47 Å². The number of imidazole rings is 1. The number of aromatic amines is 1. The molecule has 3 aromatic rings. The number of hydrogen-bond donors (Lipinski definition) is 1. The summed E-state index contributed by atoms with van der Waals surface area (Å²) in [6, 6.07) is 10.1. The van der Waals surface area contributed by atoms with Crippen molar-refractivity contribution in [3.63, 3.8) is 0 Å². The lowest BCUT2D eigenvalue weighted by molar-refractivity contribution is -0.141. The number of halogens is 1. The maximum absolute atomic E-state index is 13.2. The van der Waals surface area contributed by atoms with Gasteiger partial charge in [0.25, 0.3) is 0 Å². The third kappa shape index (κ3) is 5.16. The van der Waals surface area contributed by atoms with Crippen molar-refractivity contribution in [1.29, 1.82) is 0 Å². The first-order chi connectivity index (χ1) is 14.2. The lowest BCUT2D eigenvalue weighted by atomic mass is 10.1. The second-order valence-electron chi connectivity index (χ2n) is 7.07. The van der Waals surface area contributed by atoms with Gasteiger partial charge in [-0.3, -0.25) is 9.78 Å². The first-order valence-electron chi connectivity index (χ1n) is 9.68. The molecule has 152 valence electrons. The lowest BCUT2D eigenvalue weighted by Crippen LogP contribution is -2.44. The maximum Gasteiger partial charge on any atom is 0.248 e. The summed E-state index contributed by atoms with van der Waals surface area (Å²) in [6.45, 7) is 1.83. The monoisotopic (exact) mass is 398 g/mol. The summed E-state index contributed by atoms with van der Waals surface area (Å²) in [7, 11) is 0. The van der Waals surface area contributed by atoms with Crippen molar-refractivity contribution in [3.8, 4) is 0 Å². The summed E-state index contributed by atoms with van der Waals surface area (Å²) < 4.78 is 24.7. The van der Waals surface area contributed by atoms with Gasteiger partial charge in [0.1, 0.15) is 24.9 Å². The molecule has 3 heterocycles. The Labute approximate surface area is 167 Å². The number of nitrogens with one attached hydrogen (secondary N) is 1. The molecule has 1 saturated heterocycles. The molecule has 8 heteroatoms. The molecule has 1 aliphatic rings. The standard InChI is InChI=1S/C21H23FN4O3/c22-15-6-7-18-19(10-15)25-20(24-18)13-28-14-21(27)26-9-3-5-17(11-26)29-12-16-4-1-2-8-23-16/h1-2,4,6-8,10,17H,3,5,9,11-14H2,(H,24,25). The van der Waals surface area contributed by atoms with Gasteiger partial charge in [-0.25, -0.2) is 9.37 Å². The minimum absolute atomic E-state index is 0.0000227. The highest BCUT2D eigenvalue weighted by atomic mass is 19.1. The normalized spacial score (nSPS) is 17.0. The first kappa shape index (κ1) is 19.5. The van der Waals surface area contributed by atoms with Crippen molar-refractivity contribution in [3.05, 3.63) is 59.9 Å². The van der Waals surface area contributed by atoms with Gasteiger partial charge in [-0.2, -0.15) is 0 Å². The number of fused-ring (bicyclic) bond motifs is 1. The lowest BCUT2D eigenvalue weighted by Gasteiger charge is -2.32. The predicted molar refractivity (Wildman–Crippen MR) is 104 cm³/mol. The van der Waals surface area contributed by atoms with E-state index >= 15 is 0 Å². The zero-order valence-electron chi connectivity index (χ0n) is 16.0. The van der Waals surface area contributed by atoms with Gasteiger partial charge in [-0.05, 0) is 43.2 Å². The molecule has 2 aromatic heterocycles. The number of amides is 1. The zero-order valence-corrected chi connectivity index (χ0v) is 16.0. The number of carbonyl (C=O) groups excluding carboxylic acids is 1. The van der Waals surface area contributed by atoms with Crippen LogP contribution < -0.4 is 0 Å². The Kier molecular flexibility index (Phi) is 6.12. The summed E-state index contributed by atoms with van der Waals surface area (Å²) in [5.74, 6) is 0.167. The van der Waals surface area contributed by atoms with Gasteiger partial charge in [-0.1, -0.05) is 6.07 Å². The van der Waals surface area contributed by atoms with Crippen LogP contribution in [0.25, 0.3) is 11.0 Å². The molecule has 0 aliphatic carbocycles. The number of nitrogens with zero attached hydrogens (tertiary/aromatic N) is 3. The Morgan fingerprint density at radius 1 is 1.28 bits per heavy atom. The third-order valence-electron chi connectivity index (χ3n) is 4.88. The van der Waals surface area contributed by atoms with E-state index in [0.717, 1.165) is 18.5 Å². The van der Waals surface area contributed by atoms with Crippen molar-refractivity contribution in [1.82, 2.24) is 19.9 Å².